The Hall–Kier alpha value is -1.57. The molecule has 1 aromatic carbocycles. The van der Waals surface area contributed by atoms with E-state index in [1.54, 1.807) is 0 Å². The van der Waals surface area contributed by atoms with Gasteiger partial charge in [-0.25, -0.2) is 4.39 Å². The Labute approximate surface area is 89.3 Å². The third kappa shape index (κ3) is 1.64. The number of nitriles is 1. The van der Waals surface area contributed by atoms with Crippen molar-refractivity contribution in [2.24, 2.45) is 0 Å². The minimum atomic E-state index is -4.51. The first kappa shape index (κ1) is 10.9. The second-order valence-corrected chi connectivity index (χ2v) is 3.89. The standard InChI is InChI=1S/C11H7F4N/c12-9-2-1-7(11(13,14)15)5-8(9)10(6-16)3-4-10/h1-2,5H,3-4H2. The van der Waals surface area contributed by atoms with Crippen molar-refractivity contribution in [2.75, 3.05) is 0 Å². The third-order valence-corrected chi connectivity index (χ3v) is 2.77. The van der Waals surface area contributed by atoms with Gasteiger partial charge in [-0.2, -0.15) is 18.4 Å². The zero-order chi connectivity index (χ0) is 12.0. The average Bonchev–Trinajstić information content (AvgIpc) is 2.97. The molecule has 0 heterocycles. The first-order valence-electron chi connectivity index (χ1n) is 4.67. The lowest BCUT2D eigenvalue weighted by atomic mass is 9.95. The normalized spacial score (nSPS) is 17.9. The smallest absolute Gasteiger partial charge is 0.207 e. The highest BCUT2D eigenvalue weighted by molar-refractivity contribution is 5.42. The summed E-state index contributed by atoms with van der Waals surface area (Å²) in [5, 5.41) is 8.83. The van der Waals surface area contributed by atoms with E-state index in [0.29, 0.717) is 18.9 Å². The molecule has 0 unspecified atom stereocenters. The number of nitrogens with zero attached hydrogens (tertiary/aromatic N) is 1. The summed E-state index contributed by atoms with van der Waals surface area (Å²) in [6.07, 6.45) is -3.67. The fourth-order valence-corrected chi connectivity index (χ4v) is 1.63. The largest absolute Gasteiger partial charge is 0.416 e. The summed E-state index contributed by atoms with van der Waals surface area (Å²) in [6.45, 7) is 0. The van der Waals surface area contributed by atoms with Gasteiger partial charge in [-0.1, -0.05) is 0 Å². The average molecular weight is 229 g/mol. The quantitative estimate of drug-likeness (QED) is 0.677. The van der Waals surface area contributed by atoms with Gasteiger partial charge in [0.15, 0.2) is 0 Å². The summed E-state index contributed by atoms with van der Waals surface area (Å²) in [5.74, 6) is -0.743. The lowest BCUT2D eigenvalue weighted by Gasteiger charge is -2.12. The molecule has 1 aromatic rings. The predicted molar refractivity (Wildman–Crippen MR) is 47.9 cm³/mol. The summed E-state index contributed by atoms with van der Waals surface area (Å²) >= 11 is 0. The Bertz CT molecular complexity index is 466. The van der Waals surface area contributed by atoms with Crippen LogP contribution in [0.25, 0.3) is 0 Å². The second-order valence-electron chi connectivity index (χ2n) is 3.89. The van der Waals surface area contributed by atoms with Crippen molar-refractivity contribution in [3.8, 4) is 6.07 Å². The predicted octanol–water partition coefficient (Wildman–Crippen LogP) is 3.40. The maximum atomic E-state index is 13.4. The van der Waals surface area contributed by atoms with Crippen molar-refractivity contribution in [1.29, 1.82) is 5.26 Å². The van der Waals surface area contributed by atoms with Gasteiger partial charge >= 0.3 is 6.18 Å². The fourth-order valence-electron chi connectivity index (χ4n) is 1.63. The molecule has 0 bridgehead atoms. The summed E-state index contributed by atoms with van der Waals surface area (Å²) < 4.78 is 50.6. The van der Waals surface area contributed by atoms with Crippen LogP contribution in [0.5, 0.6) is 0 Å². The van der Waals surface area contributed by atoms with Crippen molar-refractivity contribution in [2.45, 2.75) is 24.4 Å². The van der Waals surface area contributed by atoms with Crippen LogP contribution in [0.3, 0.4) is 0 Å². The Balaban J connectivity index is 2.51. The monoisotopic (exact) mass is 229 g/mol. The molecule has 84 valence electrons. The first-order valence-corrected chi connectivity index (χ1v) is 4.67. The van der Waals surface area contributed by atoms with Crippen LogP contribution in [0, 0.1) is 17.1 Å². The van der Waals surface area contributed by atoms with Crippen LogP contribution in [0.1, 0.15) is 24.0 Å². The molecule has 0 aliphatic heterocycles. The Kier molecular flexibility index (Phi) is 2.19. The number of alkyl halides is 3. The summed E-state index contributed by atoms with van der Waals surface area (Å²) in [4.78, 5) is 0. The van der Waals surface area contributed by atoms with Crippen LogP contribution in [0.15, 0.2) is 18.2 Å². The number of benzene rings is 1. The minimum absolute atomic E-state index is 0.134. The Morgan fingerprint density at radius 2 is 1.88 bits per heavy atom. The van der Waals surface area contributed by atoms with E-state index in [0.717, 1.165) is 12.1 Å². The molecular formula is C11H7F4N. The third-order valence-electron chi connectivity index (χ3n) is 2.77. The zero-order valence-corrected chi connectivity index (χ0v) is 8.11. The molecule has 1 aliphatic carbocycles. The SMILES string of the molecule is N#CC1(c2cc(C(F)(F)F)ccc2F)CC1. The van der Waals surface area contributed by atoms with Gasteiger partial charge in [0.25, 0.3) is 0 Å². The molecule has 16 heavy (non-hydrogen) atoms. The van der Waals surface area contributed by atoms with Crippen molar-refractivity contribution in [3.05, 3.63) is 35.1 Å². The molecule has 1 aliphatic rings. The lowest BCUT2D eigenvalue weighted by Crippen LogP contribution is -2.11. The minimum Gasteiger partial charge on any atom is -0.207 e. The van der Waals surface area contributed by atoms with Crippen LogP contribution in [-0.2, 0) is 11.6 Å². The van der Waals surface area contributed by atoms with Crippen LogP contribution in [-0.4, -0.2) is 0 Å². The van der Waals surface area contributed by atoms with E-state index in [1.807, 2.05) is 6.07 Å². The van der Waals surface area contributed by atoms with Gasteiger partial charge in [0, 0.05) is 5.56 Å². The van der Waals surface area contributed by atoms with Crippen LogP contribution in [0.2, 0.25) is 0 Å². The molecular weight excluding hydrogens is 222 g/mol. The molecule has 5 heteroatoms. The molecule has 1 nitrogen and oxygen atoms in total. The van der Waals surface area contributed by atoms with E-state index in [-0.39, 0.29) is 5.56 Å². The van der Waals surface area contributed by atoms with Gasteiger partial charge in [-0.15, -0.1) is 0 Å². The van der Waals surface area contributed by atoms with E-state index in [4.69, 9.17) is 5.26 Å². The number of hydrogen-bond acceptors (Lipinski definition) is 1. The highest BCUT2D eigenvalue weighted by Crippen LogP contribution is 2.49. The van der Waals surface area contributed by atoms with Gasteiger partial charge in [0.1, 0.15) is 5.82 Å². The van der Waals surface area contributed by atoms with E-state index in [1.165, 1.54) is 0 Å². The molecule has 0 spiro atoms. The maximum absolute atomic E-state index is 13.4. The molecule has 0 amide bonds. The highest BCUT2D eigenvalue weighted by Gasteiger charge is 2.47. The molecule has 1 fully saturated rings. The molecule has 0 atom stereocenters. The van der Waals surface area contributed by atoms with Crippen LogP contribution in [0.4, 0.5) is 17.6 Å². The second kappa shape index (κ2) is 3.21. The van der Waals surface area contributed by atoms with Crippen LogP contribution >= 0.6 is 0 Å². The molecule has 2 rings (SSSR count). The lowest BCUT2D eigenvalue weighted by molar-refractivity contribution is -0.137. The molecule has 0 radical (unpaired) electrons. The highest BCUT2D eigenvalue weighted by atomic mass is 19.4. The topological polar surface area (TPSA) is 23.8 Å². The number of hydrogen-bond donors (Lipinski definition) is 0. The Morgan fingerprint density at radius 1 is 1.25 bits per heavy atom. The first-order chi connectivity index (χ1) is 7.39. The maximum Gasteiger partial charge on any atom is 0.416 e. The van der Waals surface area contributed by atoms with Gasteiger partial charge < -0.3 is 0 Å². The number of rotatable bonds is 1. The number of halogens is 4. The van der Waals surface area contributed by atoms with Gasteiger partial charge in [-0.3, -0.25) is 0 Å². The van der Waals surface area contributed by atoms with Gasteiger partial charge in [0.2, 0.25) is 0 Å². The van der Waals surface area contributed by atoms with E-state index >= 15 is 0 Å². The molecule has 0 saturated heterocycles. The summed E-state index contributed by atoms with van der Waals surface area (Å²) in [6, 6.07) is 4.08. The van der Waals surface area contributed by atoms with Gasteiger partial charge in [-0.05, 0) is 31.0 Å². The van der Waals surface area contributed by atoms with Crippen molar-refractivity contribution >= 4 is 0 Å². The van der Waals surface area contributed by atoms with E-state index < -0.39 is 23.0 Å². The fraction of sp³-hybridized carbons (Fsp3) is 0.364. The molecule has 1 saturated carbocycles. The van der Waals surface area contributed by atoms with Crippen molar-refractivity contribution < 1.29 is 17.6 Å². The molecule has 0 N–H and O–H groups in total. The van der Waals surface area contributed by atoms with E-state index in [9.17, 15) is 17.6 Å². The van der Waals surface area contributed by atoms with Gasteiger partial charge in [0.05, 0.1) is 17.0 Å². The van der Waals surface area contributed by atoms with E-state index in [2.05, 4.69) is 0 Å². The Morgan fingerprint density at radius 3 is 2.31 bits per heavy atom. The summed E-state index contributed by atoms with van der Waals surface area (Å²) in [7, 11) is 0. The zero-order valence-electron chi connectivity index (χ0n) is 8.11. The van der Waals surface area contributed by atoms with Crippen molar-refractivity contribution in [3.63, 3.8) is 0 Å². The van der Waals surface area contributed by atoms with Crippen molar-refractivity contribution in [1.82, 2.24) is 0 Å². The molecule has 0 aromatic heterocycles. The summed E-state index contributed by atoms with van der Waals surface area (Å²) in [5.41, 5.74) is -2.08. The van der Waals surface area contributed by atoms with Crippen LogP contribution < -0.4 is 0 Å².